The quantitative estimate of drug-likeness (QED) is 0.399. The van der Waals surface area contributed by atoms with Crippen molar-refractivity contribution in [1.29, 1.82) is 0 Å². The Morgan fingerprint density at radius 2 is 1.82 bits per heavy atom. The van der Waals surface area contributed by atoms with Crippen molar-refractivity contribution in [3.63, 3.8) is 0 Å². The molecule has 0 spiro atoms. The first-order valence-corrected chi connectivity index (χ1v) is 12.8. The van der Waals surface area contributed by atoms with Gasteiger partial charge in [-0.1, -0.05) is 17.3 Å². The molecule has 4 rings (SSSR count). The van der Waals surface area contributed by atoms with Gasteiger partial charge in [0.05, 0.1) is 35.2 Å². The van der Waals surface area contributed by atoms with Gasteiger partial charge in [-0.3, -0.25) is 4.79 Å². The Morgan fingerprint density at radius 1 is 1.09 bits per heavy atom. The van der Waals surface area contributed by atoms with Gasteiger partial charge in [0.25, 0.3) is 5.91 Å². The summed E-state index contributed by atoms with van der Waals surface area (Å²) in [5.74, 6) is 0.00561. The molecule has 34 heavy (non-hydrogen) atoms. The van der Waals surface area contributed by atoms with Gasteiger partial charge in [0, 0.05) is 19.1 Å². The zero-order valence-corrected chi connectivity index (χ0v) is 20.0. The Hall–Kier alpha value is -3.05. The molecule has 0 bridgehead atoms. The average molecular weight is 489 g/mol. The molecule has 1 aromatic carbocycles. The second-order valence-corrected chi connectivity index (χ2v) is 10.5. The van der Waals surface area contributed by atoms with E-state index in [-0.39, 0.29) is 33.9 Å². The number of hydrogen-bond donors (Lipinski definition) is 1. The first kappa shape index (κ1) is 24.1. The summed E-state index contributed by atoms with van der Waals surface area (Å²) in [6.45, 7) is 2.28. The van der Waals surface area contributed by atoms with E-state index in [0.717, 1.165) is 12.8 Å². The molecular weight excluding hydrogens is 460 g/mol. The molecule has 0 aliphatic heterocycles. The van der Waals surface area contributed by atoms with Crippen LogP contribution in [0, 0.1) is 0 Å². The summed E-state index contributed by atoms with van der Waals surface area (Å²) in [6.07, 6.45) is 6.38. The van der Waals surface area contributed by atoms with Gasteiger partial charge in [-0.05, 0) is 44.7 Å². The summed E-state index contributed by atoms with van der Waals surface area (Å²) in [4.78, 5) is 27.2. The summed E-state index contributed by atoms with van der Waals surface area (Å²) < 4.78 is 35.7. The van der Waals surface area contributed by atoms with Crippen LogP contribution in [0.4, 0.5) is 5.82 Å². The number of oxime groups is 1. The number of benzene rings is 1. The highest BCUT2D eigenvalue weighted by molar-refractivity contribution is 7.92. The lowest BCUT2D eigenvalue weighted by atomic mass is 10.1. The van der Waals surface area contributed by atoms with Gasteiger partial charge in [-0.25, -0.2) is 18.4 Å². The Bertz CT molecular complexity index is 1130. The van der Waals surface area contributed by atoms with Gasteiger partial charge < -0.3 is 19.6 Å². The van der Waals surface area contributed by atoms with Gasteiger partial charge in [-0.2, -0.15) is 0 Å². The van der Waals surface area contributed by atoms with E-state index < -0.39 is 15.7 Å². The number of anilines is 1. The summed E-state index contributed by atoms with van der Waals surface area (Å²) in [5, 5.41) is 6.50. The zero-order chi connectivity index (χ0) is 24.1. The predicted octanol–water partition coefficient (Wildman–Crippen LogP) is 2.74. The maximum atomic E-state index is 13.1. The van der Waals surface area contributed by atoms with Crippen molar-refractivity contribution in [1.82, 2.24) is 9.97 Å². The van der Waals surface area contributed by atoms with Crippen molar-refractivity contribution in [2.24, 2.45) is 5.16 Å². The van der Waals surface area contributed by atoms with Crippen LogP contribution in [0.25, 0.3) is 0 Å². The van der Waals surface area contributed by atoms with Crippen LogP contribution in [0.5, 0.6) is 5.88 Å². The SMILES string of the molecule is CCOc1cnc(NC(=O)/C(=N/O[C@@H]2CC[C@@H](OC)C2)c2ccc(S(=O)(=O)C3CC3)cc2)cn1. The predicted molar refractivity (Wildman–Crippen MR) is 125 cm³/mol. The number of ether oxygens (including phenoxy) is 2. The second kappa shape index (κ2) is 10.5. The molecule has 2 aromatic rings. The molecule has 1 N–H and O–H groups in total. The first-order chi connectivity index (χ1) is 16.4. The van der Waals surface area contributed by atoms with E-state index in [2.05, 4.69) is 20.4 Å². The van der Waals surface area contributed by atoms with Crippen LogP contribution in [0.3, 0.4) is 0 Å². The molecule has 2 aliphatic carbocycles. The number of hydrogen-bond acceptors (Lipinski definition) is 9. The van der Waals surface area contributed by atoms with E-state index in [9.17, 15) is 13.2 Å². The van der Waals surface area contributed by atoms with Crippen molar-refractivity contribution in [3.8, 4) is 5.88 Å². The lowest BCUT2D eigenvalue weighted by Gasteiger charge is -2.12. The Labute approximate surface area is 198 Å². The second-order valence-electron chi connectivity index (χ2n) is 8.23. The molecular formula is C23H28N4O6S. The minimum Gasteiger partial charge on any atom is -0.477 e. The fraction of sp³-hybridized carbons (Fsp3) is 0.478. The Balaban J connectivity index is 1.54. The van der Waals surface area contributed by atoms with Gasteiger partial charge in [0.1, 0.15) is 6.10 Å². The molecule has 2 aliphatic rings. The van der Waals surface area contributed by atoms with Crippen molar-refractivity contribution >= 4 is 27.3 Å². The minimum absolute atomic E-state index is 0.00641. The van der Waals surface area contributed by atoms with E-state index in [1.54, 1.807) is 19.2 Å². The normalized spacial score (nSPS) is 20.7. The van der Waals surface area contributed by atoms with Crippen LogP contribution >= 0.6 is 0 Å². The van der Waals surface area contributed by atoms with Crippen LogP contribution in [-0.2, 0) is 24.2 Å². The molecule has 2 atom stereocenters. The van der Waals surface area contributed by atoms with Gasteiger partial charge in [-0.15, -0.1) is 0 Å². The number of carbonyl (C=O) groups excluding carboxylic acids is 1. The molecule has 182 valence electrons. The highest BCUT2D eigenvalue weighted by Gasteiger charge is 2.37. The topological polar surface area (TPSA) is 129 Å². The average Bonchev–Trinajstić information content (AvgIpc) is 3.61. The summed E-state index contributed by atoms with van der Waals surface area (Å²) in [6, 6.07) is 6.12. The number of nitrogens with zero attached hydrogens (tertiary/aromatic N) is 3. The van der Waals surface area contributed by atoms with Crippen molar-refractivity contribution in [2.75, 3.05) is 19.0 Å². The standard InChI is InChI=1S/C23H28N4O6S/c1-3-32-21-14-24-20(13-25-21)26-23(28)22(27-33-17-7-6-16(12-17)31-2)15-4-8-18(9-5-15)34(29,30)19-10-11-19/h4-5,8-9,13-14,16-17,19H,3,6-7,10-12H2,1-2H3,(H,24,26,28)/b27-22+/t16-,17-/m1/s1. The number of sulfone groups is 1. The summed E-state index contributed by atoms with van der Waals surface area (Å²) in [7, 11) is -1.68. The maximum Gasteiger partial charge on any atom is 0.279 e. The summed E-state index contributed by atoms with van der Waals surface area (Å²) in [5.41, 5.74) is 0.430. The number of amides is 1. The van der Waals surface area contributed by atoms with Crippen LogP contribution < -0.4 is 10.1 Å². The molecule has 1 amide bonds. The van der Waals surface area contributed by atoms with Crippen molar-refractivity contribution in [3.05, 3.63) is 42.2 Å². The molecule has 2 saturated carbocycles. The molecule has 10 nitrogen and oxygen atoms in total. The third kappa shape index (κ3) is 5.71. The monoisotopic (exact) mass is 488 g/mol. The van der Waals surface area contributed by atoms with Gasteiger partial charge >= 0.3 is 0 Å². The van der Waals surface area contributed by atoms with E-state index in [4.69, 9.17) is 14.3 Å². The van der Waals surface area contributed by atoms with Crippen LogP contribution in [0.2, 0.25) is 0 Å². The molecule has 1 heterocycles. The number of rotatable bonds is 10. The fourth-order valence-electron chi connectivity index (χ4n) is 3.71. The van der Waals surface area contributed by atoms with Crippen LogP contribution in [0.15, 0.2) is 46.7 Å². The molecule has 0 radical (unpaired) electrons. The third-order valence-corrected chi connectivity index (χ3v) is 8.04. The molecule has 11 heteroatoms. The minimum atomic E-state index is -3.34. The Kier molecular flexibility index (Phi) is 7.42. The van der Waals surface area contributed by atoms with E-state index in [1.165, 1.54) is 24.5 Å². The van der Waals surface area contributed by atoms with E-state index in [0.29, 0.717) is 37.3 Å². The Morgan fingerprint density at radius 3 is 2.41 bits per heavy atom. The van der Waals surface area contributed by atoms with Crippen LogP contribution in [-0.4, -0.2) is 61.2 Å². The largest absolute Gasteiger partial charge is 0.477 e. The lowest BCUT2D eigenvalue weighted by molar-refractivity contribution is -0.110. The number of methoxy groups -OCH3 is 1. The summed E-state index contributed by atoms with van der Waals surface area (Å²) >= 11 is 0. The molecule has 0 saturated heterocycles. The van der Waals surface area contributed by atoms with Gasteiger partial charge in [0.2, 0.25) is 5.88 Å². The number of aromatic nitrogens is 2. The highest BCUT2D eigenvalue weighted by atomic mass is 32.2. The van der Waals surface area contributed by atoms with E-state index >= 15 is 0 Å². The number of nitrogens with one attached hydrogen (secondary N) is 1. The fourth-order valence-corrected chi connectivity index (χ4v) is 5.37. The number of carbonyl (C=O) groups is 1. The smallest absolute Gasteiger partial charge is 0.279 e. The highest BCUT2D eigenvalue weighted by Crippen LogP contribution is 2.33. The maximum absolute atomic E-state index is 13.1. The van der Waals surface area contributed by atoms with Gasteiger partial charge in [0.15, 0.2) is 21.4 Å². The van der Waals surface area contributed by atoms with Crippen LogP contribution in [0.1, 0.15) is 44.6 Å². The first-order valence-electron chi connectivity index (χ1n) is 11.3. The third-order valence-electron chi connectivity index (χ3n) is 5.76. The van der Waals surface area contributed by atoms with E-state index in [1.807, 2.05) is 6.92 Å². The van der Waals surface area contributed by atoms with Crippen molar-refractivity contribution in [2.45, 2.75) is 61.4 Å². The lowest BCUT2D eigenvalue weighted by Crippen LogP contribution is -2.25. The molecule has 0 unspecified atom stereocenters. The molecule has 2 fully saturated rings. The molecule has 1 aromatic heterocycles. The van der Waals surface area contributed by atoms with Crippen molar-refractivity contribution < 1.29 is 27.5 Å². The zero-order valence-electron chi connectivity index (χ0n) is 19.1.